The molecule has 0 fully saturated rings. The van der Waals surface area contributed by atoms with E-state index < -0.39 is 0 Å². The first kappa shape index (κ1) is 9.90. The molecule has 0 unspecified atom stereocenters. The molecule has 3 rings (SSSR count). The number of ether oxygens (including phenoxy) is 1. The molecule has 0 saturated carbocycles. The summed E-state index contributed by atoms with van der Waals surface area (Å²) in [5, 5.41) is 0. The first-order valence-electron chi connectivity index (χ1n) is 5.45. The summed E-state index contributed by atoms with van der Waals surface area (Å²) in [6.45, 7) is 0. The van der Waals surface area contributed by atoms with Crippen LogP contribution in [0.5, 0.6) is 5.75 Å². The Morgan fingerprint density at radius 2 is 1.88 bits per heavy atom. The molecule has 3 heteroatoms. The molecule has 0 saturated heterocycles. The second kappa shape index (κ2) is 3.94. The van der Waals surface area contributed by atoms with E-state index in [9.17, 15) is 0 Å². The number of nitrogens with zero attached hydrogens (tertiary/aromatic N) is 2. The Kier molecular flexibility index (Phi) is 2.29. The van der Waals surface area contributed by atoms with E-state index in [0.29, 0.717) is 0 Å². The lowest BCUT2D eigenvalue weighted by atomic mass is 10.2. The van der Waals surface area contributed by atoms with Gasteiger partial charge in [-0.1, -0.05) is 18.2 Å². The molecule has 2 heterocycles. The zero-order valence-corrected chi connectivity index (χ0v) is 9.50. The van der Waals surface area contributed by atoms with Gasteiger partial charge in [0.1, 0.15) is 11.6 Å². The Balaban J connectivity index is 2.27. The molecule has 0 aliphatic carbocycles. The standard InChI is InChI=1S/C14H12N2O/c1-17-13-8-3-2-7-12(13)14-15-10-11-6-4-5-9-16(11)14/h2-10H,1H3. The van der Waals surface area contributed by atoms with Gasteiger partial charge < -0.3 is 4.74 Å². The molecule has 0 aliphatic rings. The van der Waals surface area contributed by atoms with Crippen molar-refractivity contribution in [1.29, 1.82) is 0 Å². The van der Waals surface area contributed by atoms with Crippen LogP contribution in [0.3, 0.4) is 0 Å². The number of hydrogen-bond donors (Lipinski definition) is 0. The maximum Gasteiger partial charge on any atom is 0.148 e. The summed E-state index contributed by atoms with van der Waals surface area (Å²) in [6.07, 6.45) is 3.87. The van der Waals surface area contributed by atoms with Gasteiger partial charge in [0, 0.05) is 6.20 Å². The average molecular weight is 224 g/mol. The highest BCUT2D eigenvalue weighted by Gasteiger charge is 2.10. The van der Waals surface area contributed by atoms with Crippen molar-refractivity contribution < 1.29 is 4.74 Å². The summed E-state index contributed by atoms with van der Waals surface area (Å²) in [5.41, 5.74) is 2.08. The van der Waals surface area contributed by atoms with Crippen LogP contribution in [0.2, 0.25) is 0 Å². The number of pyridine rings is 1. The minimum absolute atomic E-state index is 0.837. The highest BCUT2D eigenvalue weighted by molar-refractivity contribution is 5.68. The fourth-order valence-corrected chi connectivity index (χ4v) is 1.97. The van der Waals surface area contributed by atoms with E-state index in [1.54, 1.807) is 7.11 Å². The van der Waals surface area contributed by atoms with Gasteiger partial charge in [0.25, 0.3) is 0 Å². The van der Waals surface area contributed by atoms with Crippen molar-refractivity contribution in [3.05, 3.63) is 54.9 Å². The fraction of sp³-hybridized carbons (Fsp3) is 0.0714. The van der Waals surface area contributed by atoms with Crippen LogP contribution in [0.15, 0.2) is 54.9 Å². The summed E-state index contributed by atoms with van der Waals surface area (Å²) in [4.78, 5) is 4.46. The van der Waals surface area contributed by atoms with E-state index in [-0.39, 0.29) is 0 Å². The number of imidazole rings is 1. The predicted molar refractivity (Wildman–Crippen MR) is 67.2 cm³/mol. The Morgan fingerprint density at radius 3 is 2.76 bits per heavy atom. The molecule has 17 heavy (non-hydrogen) atoms. The van der Waals surface area contributed by atoms with Crippen molar-refractivity contribution in [3.63, 3.8) is 0 Å². The van der Waals surface area contributed by atoms with Gasteiger partial charge in [-0.05, 0) is 24.3 Å². The van der Waals surface area contributed by atoms with Gasteiger partial charge in [-0.15, -0.1) is 0 Å². The molecular formula is C14H12N2O. The van der Waals surface area contributed by atoms with Gasteiger partial charge in [0.2, 0.25) is 0 Å². The molecule has 2 aromatic heterocycles. The van der Waals surface area contributed by atoms with Crippen LogP contribution in [0.1, 0.15) is 0 Å². The minimum Gasteiger partial charge on any atom is -0.496 e. The summed E-state index contributed by atoms with van der Waals surface area (Å²) in [5.74, 6) is 1.74. The summed E-state index contributed by atoms with van der Waals surface area (Å²) >= 11 is 0. The van der Waals surface area contributed by atoms with E-state index in [1.807, 2.05) is 54.9 Å². The van der Waals surface area contributed by atoms with E-state index in [4.69, 9.17) is 4.74 Å². The second-order valence-corrected chi connectivity index (χ2v) is 3.78. The smallest absolute Gasteiger partial charge is 0.148 e. The maximum atomic E-state index is 5.36. The largest absolute Gasteiger partial charge is 0.496 e. The molecule has 0 aliphatic heterocycles. The zero-order valence-electron chi connectivity index (χ0n) is 9.50. The summed E-state index contributed by atoms with van der Waals surface area (Å²) in [6, 6.07) is 13.9. The number of aromatic nitrogens is 2. The van der Waals surface area contributed by atoms with E-state index >= 15 is 0 Å². The Labute approximate surface area is 99.3 Å². The van der Waals surface area contributed by atoms with Crippen LogP contribution < -0.4 is 4.74 Å². The van der Waals surface area contributed by atoms with Gasteiger partial charge in [0.15, 0.2) is 0 Å². The molecule has 0 N–H and O–H groups in total. The molecule has 0 atom stereocenters. The number of para-hydroxylation sites is 1. The van der Waals surface area contributed by atoms with Crippen LogP contribution >= 0.6 is 0 Å². The number of fused-ring (bicyclic) bond motifs is 1. The lowest BCUT2D eigenvalue weighted by molar-refractivity contribution is 0.416. The van der Waals surface area contributed by atoms with Crippen LogP contribution in [0.25, 0.3) is 16.9 Å². The van der Waals surface area contributed by atoms with E-state index in [0.717, 1.165) is 22.7 Å². The molecule has 0 radical (unpaired) electrons. The van der Waals surface area contributed by atoms with Gasteiger partial charge in [-0.25, -0.2) is 4.98 Å². The number of methoxy groups -OCH3 is 1. The fourth-order valence-electron chi connectivity index (χ4n) is 1.97. The third kappa shape index (κ3) is 1.56. The van der Waals surface area contributed by atoms with Crippen LogP contribution in [-0.2, 0) is 0 Å². The Bertz CT molecular complexity index is 658. The molecular weight excluding hydrogens is 212 g/mol. The molecule has 1 aromatic carbocycles. The molecule has 3 nitrogen and oxygen atoms in total. The van der Waals surface area contributed by atoms with Gasteiger partial charge in [0.05, 0.1) is 24.4 Å². The lowest BCUT2D eigenvalue weighted by Crippen LogP contribution is -1.92. The predicted octanol–water partition coefficient (Wildman–Crippen LogP) is 3.01. The van der Waals surface area contributed by atoms with Gasteiger partial charge >= 0.3 is 0 Å². The molecule has 0 spiro atoms. The monoisotopic (exact) mass is 224 g/mol. The molecule has 0 amide bonds. The maximum absolute atomic E-state index is 5.36. The first-order valence-corrected chi connectivity index (χ1v) is 5.45. The van der Waals surface area contributed by atoms with Crippen molar-refractivity contribution in [2.45, 2.75) is 0 Å². The zero-order chi connectivity index (χ0) is 11.7. The number of hydrogen-bond acceptors (Lipinski definition) is 2. The lowest BCUT2D eigenvalue weighted by Gasteiger charge is -2.06. The molecule has 0 bridgehead atoms. The van der Waals surface area contributed by atoms with Crippen LogP contribution in [0.4, 0.5) is 0 Å². The highest BCUT2D eigenvalue weighted by Crippen LogP contribution is 2.28. The van der Waals surface area contributed by atoms with Crippen molar-refractivity contribution in [3.8, 4) is 17.1 Å². The number of benzene rings is 1. The normalized spacial score (nSPS) is 10.6. The minimum atomic E-state index is 0.837. The second-order valence-electron chi connectivity index (χ2n) is 3.78. The van der Waals surface area contributed by atoms with Crippen molar-refractivity contribution >= 4 is 5.52 Å². The third-order valence-corrected chi connectivity index (χ3v) is 2.79. The number of rotatable bonds is 2. The van der Waals surface area contributed by atoms with Gasteiger partial charge in [-0.2, -0.15) is 0 Å². The van der Waals surface area contributed by atoms with Crippen LogP contribution in [-0.4, -0.2) is 16.5 Å². The van der Waals surface area contributed by atoms with Crippen LogP contribution in [0, 0.1) is 0 Å². The topological polar surface area (TPSA) is 26.5 Å². The quantitative estimate of drug-likeness (QED) is 0.669. The van der Waals surface area contributed by atoms with E-state index in [1.165, 1.54) is 0 Å². The SMILES string of the molecule is COc1ccccc1-c1ncc2ccccn12. The Morgan fingerprint density at radius 1 is 1.06 bits per heavy atom. The van der Waals surface area contributed by atoms with Crippen molar-refractivity contribution in [2.75, 3.05) is 7.11 Å². The molecule has 84 valence electrons. The highest BCUT2D eigenvalue weighted by atomic mass is 16.5. The third-order valence-electron chi connectivity index (χ3n) is 2.79. The van der Waals surface area contributed by atoms with Crippen molar-refractivity contribution in [1.82, 2.24) is 9.38 Å². The van der Waals surface area contributed by atoms with Crippen molar-refractivity contribution in [2.24, 2.45) is 0 Å². The average Bonchev–Trinajstić information content (AvgIpc) is 2.82. The summed E-state index contributed by atoms with van der Waals surface area (Å²) < 4.78 is 7.42. The molecule has 3 aromatic rings. The Hall–Kier alpha value is -2.29. The summed E-state index contributed by atoms with van der Waals surface area (Å²) in [7, 11) is 1.68. The van der Waals surface area contributed by atoms with Gasteiger partial charge in [-0.3, -0.25) is 4.40 Å². The van der Waals surface area contributed by atoms with E-state index in [2.05, 4.69) is 9.38 Å². The first-order chi connectivity index (χ1) is 8.40.